The van der Waals surface area contributed by atoms with Crippen LogP contribution < -0.4 is 5.73 Å². The fraction of sp³-hybridized carbons (Fsp3) is 0.385. The second-order valence-electron chi connectivity index (χ2n) is 4.08. The summed E-state index contributed by atoms with van der Waals surface area (Å²) in [7, 11) is 0. The zero-order valence-corrected chi connectivity index (χ0v) is 10.1. The molecule has 86 valence electrons. The molecule has 0 bridgehead atoms. The van der Waals surface area contributed by atoms with Gasteiger partial charge in [-0.3, -0.25) is 4.90 Å². The summed E-state index contributed by atoms with van der Waals surface area (Å²) in [6, 6.07) is 8.08. The van der Waals surface area contributed by atoms with Gasteiger partial charge < -0.3 is 5.73 Å². The van der Waals surface area contributed by atoms with Crippen molar-refractivity contribution in [2.24, 2.45) is 5.73 Å². The first-order valence-corrected chi connectivity index (χ1v) is 6.05. The van der Waals surface area contributed by atoms with Crippen LogP contribution in [0.15, 0.2) is 30.3 Å². The van der Waals surface area contributed by atoms with E-state index >= 15 is 0 Å². The Kier molecular flexibility index (Phi) is 3.99. The number of hydrogen-bond donors (Lipinski definition) is 1. The second-order valence-corrected chi connectivity index (χ2v) is 4.51. The smallest absolute Gasteiger partial charge is 0.0406 e. The van der Waals surface area contributed by atoms with Crippen molar-refractivity contribution in [2.45, 2.75) is 6.42 Å². The Hall–Kier alpha value is -0.830. The topological polar surface area (TPSA) is 29.3 Å². The standard InChI is InChI=1S/C13H17ClN2/c14-13-3-1-11(2-4-13)12-5-8-16(9-6-12)10-7-15/h1-5H,6-10,15H2. The van der Waals surface area contributed by atoms with Crippen molar-refractivity contribution in [1.82, 2.24) is 4.90 Å². The molecule has 0 fully saturated rings. The summed E-state index contributed by atoms with van der Waals surface area (Å²) in [5.41, 5.74) is 8.25. The molecular formula is C13H17ClN2. The fourth-order valence-corrected chi connectivity index (χ4v) is 2.15. The van der Waals surface area contributed by atoms with E-state index < -0.39 is 0 Å². The molecule has 1 aromatic carbocycles. The predicted octanol–water partition coefficient (Wildman–Crippen LogP) is 2.39. The van der Waals surface area contributed by atoms with Gasteiger partial charge in [-0.05, 0) is 29.7 Å². The number of rotatable bonds is 3. The largest absolute Gasteiger partial charge is 0.329 e. The van der Waals surface area contributed by atoms with Crippen LogP contribution >= 0.6 is 11.6 Å². The van der Waals surface area contributed by atoms with E-state index in [1.54, 1.807) is 0 Å². The van der Waals surface area contributed by atoms with Crippen molar-refractivity contribution in [3.8, 4) is 0 Å². The van der Waals surface area contributed by atoms with Gasteiger partial charge in [-0.2, -0.15) is 0 Å². The van der Waals surface area contributed by atoms with E-state index in [-0.39, 0.29) is 0 Å². The molecule has 0 aliphatic carbocycles. The van der Waals surface area contributed by atoms with Gasteiger partial charge in [0.05, 0.1) is 0 Å². The van der Waals surface area contributed by atoms with Gasteiger partial charge in [-0.1, -0.05) is 29.8 Å². The monoisotopic (exact) mass is 236 g/mol. The average molecular weight is 237 g/mol. The first-order chi connectivity index (χ1) is 7.79. The lowest BCUT2D eigenvalue weighted by Gasteiger charge is -2.25. The molecule has 2 rings (SSSR count). The van der Waals surface area contributed by atoms with Crippen LogP contribution in [-0.2, 0) is 0 Å². The summed E-state index contributed by atoms with van der Waals surface area (Å²) in [5.74, 6) is 0. The molecule has 3 heteroatoms. The average Bonchev–Trinajstić information content (AvgIpc) is 2.32. The van der Waals surface area contributed by atoms with Gasteiger partial charge in [0.25, 0.3) is 0 Å². The summed E-state index contributed by atoms with van der Waals surface area (Å²) in [6.45, 7) is 3.84. The van der Waals surface area contributed by atoms with Crippen LogP contribution in [0.3, 0.4) is 0 Å². The van der Waals surface area contributed by atoms with Crippen molar-refractivity contribution in [3.05, 3.63) is 40.9 Å². The van der Waals surface area contributed by atoms with Crippen LogP contribution in [0.1, 0.15) is 12.0 Å². The molecule has 0 saturated carbocycles. The molecule has 0 atom stereocenters. The number of nitrogens with two attached hydrogens (primary N) is 1. The van der Waals surface area contributed by atoms with Crippen LogP contribution in [0.2, 0.25) is 5.02 Å². The minimum atomic E-state index is 0.740. The molecule has 2 nitrogen and oxygen atoms in total. The molecule has 0 saturated heterocycles. The van der Waals surface area contributed by atoms with Crippen molar-refractivity contribution >= 4 is 17.2 Å². The third kappa shape index (κ3) is 2.85. The van der Waals surface area contributed by atoms with E-state index in [2.05, 4.69) is 23.1 Å². The van der Waals surface area contributed by atoms with Crippen LogP contribution in [-0.4, -0.2) is 31.1 Å². The molecule has 0 radical (unpaired) electrons. The Labute approximate surface area is 102 Å². The van der Waals surface area contributed by atoms with Crippen molar-refractivity contribution in [2.75, 3.05) is 26.2 Å². The Bertz CT molecular complexity index is 370. The lowest BCUT2D eigenvalue weighted by Crippen LogP contribution is -2.33. The van der Waals surface area contributed by atoms with E-state index in [4.69, 9.17) is 17.3 Å². The maximum atomic E-state index is 5.87. The molecule has 1 aliphatic rings. The zero-order valence-electron chi connectivity index (χ0n) is 9.32. The lowest BCUT2D eigenvalue weighted by molar-refractivity contribution is 0.310. The Morgan fingerprint density at radius 2 is 2.00 bits per heavy atom. The molecule has 1 heterocycles. The predicted molar refractivity (Wildman–Crippen MR) is 69.5 cm³/mol. The van der Waals surface area contributed by atoms with Gasteiger partial charge in [-0.25, -0.2) is 0 Å². The maximum Gasteiger partial charge on any atom is 0.0406 e. The van der Waals surface area contributed by atoms with Crippen molar-refractivity contribution in [1.29, 1.82) is 0 Å². The summed E-state index contributed by atoms with van der Waals surface area (Å²) >= 11 is 5.87. The maximum absolute atomic E-state index is 5.87. The summed E-state index contributed by atoms with van der Waals surface area (Å²) in [4.78, 5) is 2.37. The van der Waals surface area contributed by atoms with Gasteiger partial charge in [0.15, 0.2) is 0 Å². The van der Waals surface area contributed by atoms with Gasteiger partial charge in [0, 0.05) is 31.2 Å². The van der Waals surface area contributed by atoms with Gasteiger partial charge in [0.1, 0.15) is 0 Å². The Morgan fingerprint density at radius 1 is 1.25 bits per heavy atom. The van der Waals surface area contributed by atoms with E-state index in [0.717, 1.165) is 37.6 Å². The highest BCUT2D eigenvalue weighted by molar-refractivity contribution is 6.30. The SMILES string of the molecule is NCCN1CC=C(c2ccc(Cl)cc2)CC1. The zero-order chi connectivity index (χ0) is 11.4. The molecule has 0 unspecified atom stereocenters. The number of halogens is 1. The van der Waals surface area contributed by atoms with Crippen molar-refractivity contribution in [3.63, 3.8) is 0 Å². The summed E-state index contributed by atoms with van der Waals surface area (Å²) in [5, 5.41) is 0.796. The Balaban J connectivity index is 2.04. The highest BCUT2D eigenvalue weighted by Gasteiger charge is 2.11. The summed E-state index contributed by atoms with van der Waals surface area (Å²) in [6.07, 6.45) is 3.39. The molecule has 0 aromatic heterocycles. The first kappa shape index (κ1) is 11.6. The van der Waals surface area contributed by atoms with Crippen LogP contribution in [0.5, 0.6) is 0 Å². The van der Waals surface area contributed by atoms with Gasteiger partial charge in [0.2, 0.25) is 0 Å². The highest BCUT2D eigenvalue weighted by atomic mass is 35.5. The molecule has 0 amide bonds. The Morgan fingerprint density at radius 3 is 2.56 bits per heavy atom. The van der Waals surface area contributed by atoms with Gasteiger partial charge in [-0.15, -0.1) is 0 Å². The third-order valence-corrected chi connectivity index (χ3v) is 3.21. The van der Waals surface area contributed by atoms with E-state index in [0.29, 0.717) is 0 Å². The highest BCUT2D eigenvalue weighted by Crippen LogP contribution is 2.23. The van der Waals surface area contributed by atoms with Crippen molar-refractivity contribution < 1.29 is 0 Å². The molecular weight excluding hydrogens is 220 g/mol. The number of benzene rings is 1. The third-order valence-electron chi connectivity index (χ3n) is 2.95. The molecule has 2 N–H and O–H groups in total. The molecule has 16 heavy (non-hydrogen) atoms. The van der Waals surface area contributed by atoms with Gasteiger partial charge >= 0.3 is 0 Å². The molecule has 0 spiro atoms. The number of hydrogen-bond acceptors (Lipinski definition) is 2. The minimum absolute atomic E-state index is 0.740. The fourth-order valence-electron chi connectivity index (χ4n) is 2.02. The minimum Gasteiger partial charge on any atom is -0.329 e. The second kappa shape index (κ2) is 5.48. The first-order valence-electron chi connectivity index (χ1n) is 5.67. The van der Waals surface area contributed by atoms with Crippen LogP contribution in [0, 0.1) is 0 Å². The molecule has 1 aliphatic heterocycles. The van der Waals surface area contributed by atoms with E-state index in [9.17, 15) is 0 Å². The van der Waals surface area contributed by atoms with Crippen LogP contribution in [0.25, 0.3) is 5.57 Å². The van der Waals surface area contributed by atoms with Crippen LogP contribution in [0.4, 0.5) is 0 Å². The van der Waals surface area contributed by atoms with E-state index in [1.165, 1.54) is 11.1 Å². The number of nitrogens with zero attached hydrogens (tertiary/aromatic N) is 1. The molecule has 1 aromatic rings. The van der Waals surface area contributed by atoms with E-state index in [1.807, 2.05) is 12.1 Å². The summed E-state index contributed by atoms with van der Waals surface area (Å²) < 4.78 is 0. The quantitative estimate of drug-likeness (QED) is 0.873. The normalized spacial score (nSPS) is 17.2. The lowest BCUT2D eigenvalue weighted by atomic mass is 10.00.